The van der Waals surface area contributed by atoms with Crippen molar-refractivity contribution >= 4 is 34.9 Å². The Morgan fingerprint density at radius 2 is 1.94 bits per heavy atom. The van der Waals surface area contributed by atoms with Crippen molar-refractivity contribution < 1.29 is 9.59 Å². The first-order chi connectivity index (χ1) is 15.2. The summed E-state index contributed by atoms with van der Waals surface area (Å²) in [7, 11) is 0. The molecular formula is C22H25N5O2S2. The number of benzene rings is 1. The van der Waals surface area contributed by atoms with Gasteiger partial charge in [0.25, 0.3) is 5.91 Å². The number of thioether (sulfide) groups is 1. The van der Waals surface area contributed by atoms with Gasteiger partial charge < -0.3 is 14.8 Å². The van der Waals surface area contributed by atoms with Crippen LogP contribution in [-0.4, -0.2) is 50.3 Å². The minimum Gasteiger partial charge on any atom is -0.351 e. The average molecular weight is 456 g/mol. The van der Waals surface area contributed by atoms with E-state index in [1.54, 1.807) is 17.7 Å². The Morgan fingerprint density at radius 1 is 1.13 bits per heavy atom. The van der Waals surface area contributed by atoms with Gasteiger partial charge in [0.15, 0.2) is 5.16 Å². The number of nitrogens with zero attached hydrogens (tertiary/aromatic N) is 4. The quantitative estimate of drug-likeness (QED) is 0.501. The van der Waals surface area contributed by atoms with Gasteiger partial charge in [-0.3, -0.25) is 9.59 Å². The molecule has 0 spiro atoms. The number of rotatable bonds is 9. The first-order valence-electron chi connectivity index (χ1n) is 10.4. The lowest BCUT2D eigenvalue weighted by Crippen LogP contribution is -2.27. The minimum absolute atomic E-state index is 0.0602. The number of nitrogens with one attached hydrogen (secondary N) is 1. The Kier molecular flexibility index (Phi) is 7.37. The number of hydrogen-bond acceptors (Lipinski definition) is 6. The second-order valence-corrected chi connectivity index (χ2v) is 9.37. The highest BCUT2D eigenvalue weighted by Crippen LogP contribution is 2.17. The molecule has 0 aliphatic carbocycles. The molecule has 1 aromatic carbocycles. The normalized spacial score (nSPS) is 13.5. The fourth-order valence-electron chi connectivity index (χ4n) is 3.44. The van der Waals surface area contributed by atoms with E-state index in [-0.39, 0.29) is 17.6 Å². The number of hydrogen-bond donors (Lipinski definition) is 1. The second-order valence-electron chi connectivity index (χ2n) is 7.40. The topological polar surface area (TPSA) is 80.1 Å². The molecule has 31 heavy (non-hydrogen) atoms. The molecular weight excluding hydrogens is 430 g/mol. The summed E-state index contributed by atoms with van der Waals surface area (Å²) in [4.78, 5) is 27.9. The van der Waals surface area contributed by atoms with E-state index in [2.05, 4.69) is 27.0 Å². The minimum atomic E-state index is -0.0602. The lowest BCUT2D eigenvalue weighted by molar-refractivity contribution is -0.118. The van der Waals surface area contributed by atoms with E-state index >= 15 is 0 Å². The first-order valence-corrected chi connectivity index (χ1v) is 12.2. The Balaban J connectivity index is 1.21. The van der Waals surface area contributed by atoms with Gasteiger partial charge in [-0.1, -0.05) is 30.0 Å². The molecule has 4 rings (SSSR count). The van der Waals surface area contributed by atoms with Gasteiger partial charge in [-0.05, 0) is 48.4 Å². The zero-order chi connectivity index (χ0) is 21.5. The van der Waals surface area contributed by atoms with Crippen molar-refractivity contribution in [1.29, 1.82) is 0 Å². The maximum atomic E-state index is 12.4. The largest absolute Gasteiger partial charge is 0.351 e. The van der Waals surface area contributed by atoms with Gasteiger partial charge in [-0.15, -0.1) is 21.5 Å². The molecule has 3 aromatic rings. The molecule has 1 saturated heterocycles. The fraction of sp³-hybridized carbons (Fsp3) is 0.364. The fourth-order valence-corrected chi connectivity index (χ4v) is 4.91. The molecule has 0 atom stereocenters. The van der Waals surface area contributed by atoms with Crippen LogP contribution < -0.4 is 5.32 Å². The molecule has 1 aliphatic heterocycles. The van der Waals surface area contributed by atoms with E-state index in [0.717, 1.165) is 49.6 Å². The van der Waals surface area contributed by atoms with Gasteiger partial charge in [-0.25, -0.2) is 0 Å². The molecule has 0 unspecified atom stereocenters. The van der Waals surface area contributed by atoms with Gasteiger partial charge >= 0.3 is 0 Å². The smallest absolute Gasteiger partial charge is 0.253 e. The zero-order valence-electron chi connectivity index (χ0n) is 17.2. The van der Waals surface area contributed by atoms with Crippen LogP contribution in [0.3, 0.4) is 0 Å². The van der Waals surface area contributed by atoms with Crippen LogP contribution in [-0.2, 0) is 24.3 Å². The number of aromatic nitrogens is 3. The maximum Gasteiger partial charge on any atom is 0.253 e. The number of likely N-dealkylation sites (tertiary alicyclic amines) is 1. The van der Waals surface area contributed by atoms with Crippen molar-refractivity contribution in [3.05, 3.63) is 64.1 Å². The molecule has 0 radical (unpaired) electrons. The van der Waals surface area contributed by atoms with Crippen molar-refractivity contribution in [3.63, 3.8) is 0 Å². The van der Waals surface area contributed by atoms with Crippen LogP contribution in [0.1, 0.15) is 33.6 Å². The molecule has 3 heterocycles. The number of carbonyl (C=O) groups is 2. The van der Waals surface area contributed by atoms with E-state index in [0.29, 0.717) is 12.1 Å². The van der Waals surface area contributed by atoms with Crippen molar-refractivity contribution in [1.82, 2.24) is 25.0 Å². The van der Waals surface area contributed by atoms with Crippen LogP contribution in [0.25, 0.3) is 0 Å². The Hall–Kier alpha value is -2.65. The van der Waals surface area contributed by atoms with Gasteiger partial charge in [0, 0.05) is 36.6 Å². The highest BCUT2D eigenvalue weighted by molar-refractivity contribution is 7.99. The maximum absolute atomic E-state index is 12.4. The van der Waals surface area contributed by atoms with E-state index in [9.17, 15) is 9.59 Å². The number of amides is 2. The van der Waals surface area contributed by atoms with E-state index < -0.39 is 0 Å². The van der Waals surface area contributed by atoms with Crippen LogP contribution in [0.2, 0.25) is 0 Å². The monoisotopic (exact) mass is 455 g/mol. The summed E-state index contributed by atoms with van der Waals surface area (Å²) in [6, 6.07) is 11.6. The number of thiophene rings is 1. The first kappa shape index (κ1) is 21.6. The highest BCUT2D eigenvalue weighted by atomic mass is 32.2. The van der Waals surface area contributed by atoms with E-state index in [1.807, 2.05) is 39.8 Å². The molecule has 1 aliphatic rings. The van der Waals surface area contributed by atoms with Gasteiger partial charge in [0.05, 0.1) is 5.75 Å². The molecule has 0 bridgehead atoms. The SMILES string of the molecule is O=C(CSc1nncn1CCc1cccs1)NCc1ccc(C(=O)N2CCCC2)cc1. The van der Waals surface area contributed by atoms with Gasteiger partial charge in [0.1, 0.15) is 6.33 Å². The van der Waals surface area contributed by atoms with Crippen LogP contribution in [0.15, 0.2) is 53.3 Å². The Morgan fingerprint density at radius 3 is 2.68 bits per heavy atom. The Labute approximate surface area is 189 Å². The highest BCUT2D eigenvalue weighted by Gasteiger charge is 2.19. The van der Waals surface area contributed by atoms with Crippen molar-refractivity contribution in [2.75, 3.05) is 18.8 Å². The predicted molar refractivity (Wildman–Crippen MR) is 122 cm³/mol. The molecule has 7 nitrogen and oxygen atoms in total. The molecule has 162 valence electrons. The third kappa shape index (κ3) is 5.95. The Bertz CT molecular complexity index is 995. The summed E-state index contributed by atoms with van der Waals surface area (Å²) in [5.74, 6) is 0.311. The summed E-state index contributed by atoms with van der Waals surface area (Å²) >= 11 is 3.12. The number of carbonyl (C=O) groups excluding carboxylic acids is 2. The van der Waals surface area contributed by atoms with Gasteiger partial charge in [-0.2, -0.15) is 0 Å². The van der Waals surface area contributed by atoms with E-state index in [1.165, 1.54) is 16.6 Å². The molecule has 2 aromatic heterocycles. The summed E-state index contributed by atoms with van der Waals surface area (Å²) in [5.41, 5.74) is 1.67. The second kappa shape index (κ2) is 10.6. The molecule has 9 heteroatoms. The summed E-state index contributed by atoms with van der Waals surface area (Å²) < 4.78 is 1.98. The summed E-state index contributed by atoms with van der Waals surface area (Å²) in [6.07, 6.45) is 4.79. The van der Waals surface area contributed by atoms with Crippen molar-refractivity contribution in [3.8, 4) is 0 Å². The van der Waals surface area contributed by atoms with Crippen LogP contribution in [0.5, 0.6) is 0 Å². The predicted octanol–water partition coefficient (Wildman–Crippen LogP) is 3.23. The molecule has 1 N–H and O–H groups in total. The average Bonchev–Trinajstić information content (AvgIpc) is 3.57. The summed E-state index contributed by atoms with van der Waals surface area (Å²) in [5, 5.41) is 13.9. The number of aryl methyl sites for hydroxylation is 2. The molecule has 0 saturated carbocycles. The standard InChI is InChI=1S/C22H25N5O2S2/c28-20(15-31-22-25-24-16-27(22)12-9-19-4-3-13-30-19)23-14-17-5-7-18(8-6-17)21(29)26-10-1-2-11-26/h3-8,13,16H,1-2,9-12,14-15H2,(H,23,28). The van der Waals surface area contributed by atoms with Crippen LogP contribution in [0, 0.1) is 0 Å². The molecule has 2 amide bonds. The van der Waals surface area contributed by atoms with Crippen molar-refractivity contribution in [2.45, 2.75) is 37.5 Å². The van der Waals surface area contributed by atoms with Crippen molar-refractivity contribution in [2.24, 2.45) is 0 Å². The zero-order valence-corrected chi connectivity index (χ0v) is 18.8. The van der Waals surface area contributed by atoms with Crippen LogP contribution in [0.4, 0.5) is 0 Å². The summed E-state index contributed by atoms with van der Waals surface area (Å²) in [6.45, 7) is 2.91. The molecule has 1 fully saturated rings. The lowest BCUT2D eigenvalue weighted by Gasteiger charge is -2.15. The van der Waals surface area contributed by atoms with Gasteiger partial charge in [0.2, 0.25) is 5.91 Å². The third-order valence-electron chi connectivity index (χ3n) is 5.18. The van der Waals surface area contributed by atoms with Crippen LogP contribution >= 0.6 is 23.1 Å². The third-order valence-corrected chi connectivity index (χ3v) is 7.09. The lowest BCUT2D eigenvalue weighted by atomic mass is 10.1. The van der Waals surface area contributed by atoms with E-state index in [4.69, 9.17) is 0 Å².